The lowest BCUT2D eigenvalue weighted by Gasteiger charge is -2.26. The van der Waals surface area contributed by atoms with Gasteiger partial charge >= 0.3 is 5.97 Å². The Labute approximate surface area is 257 Å². The van der Waals surface area contributed by atoms with Crippen molar-refractivity contribution in [2.45, 2.75) is 64.0 Å². The van der Waals surface area contributed by atoms with Crippen LogP contribution in [0.25, 0.3) is 33.2 Å². The number of carbonyl (C=O) groups is 2. The number of nitrogens with one attached hydrogen (secondary N) is 1. The highest BCUT2D eigenvalue weighted by Gasteiger charge is 2.32. The van der Waals surface area contributed by atoms with E-state index >= 15 is 0 Å². The third-order valence-electron chi connectivity index (χ3n) is 9.38. The van der Waals surface area contributed by atoms with Gasteiger partial charge in [0, 0.05) is 29.1 Å². The van der Waals surface area contributed by atoms with E-state index in [-0.39, 0.29) is 5.91 Å². The number of hydrogen-bond donors (Lipinski definition) is 1. The number of amides is 1. The first-order valence-electron chi connectivity index (χ1n) is 15.5. The van der Waals surface area contributed by atoms with Crippen LogP contribution >= 0.6 is 0 Å². The number of hydrogen-bond acceptors (Lipinski definition) is 5. The monoisotopic (exact) mass is 590 g/mol. The van der Waals surface area contributed by atoms with Crippen molar-refractivity contribution in [3.8, 4) is 17.0 Å². The topological polar surface area (TPSA) is 87.4 Å². The van der Waals surface area contributed by atoms with E-state index in [1.165, 1.54) is 55.9 Å². The largest absolute Gasteiger partial charge is 0.491 e. The SMILES string of the molecule is COC(=O)c1ccc2nc(C(C)(C)NC(=O)c3ccc4c(C5CCCCC5)c5n(c4c3)CCOc3ccccc3-5)n(C)c2c1. The van der Waals surface area contributed by atoms with E-state index < -0.39 is 11.5 Å². The van der Waals surface area contributed by atoms with Crippen LogP contribution in [0.2, 0.25) is 0 Å². The molecular formula is C36H38N4O4. The Morgan fingerprint density at radius 3 is 2.52 bits per heavy atom. The van der Waals surface area contributed by atoms with Gasteiger partial charge in [-0.05, 0) is 80.6 Å². The van der Waals surface area contributed by atoms with Crippen LogP contribution in [0, 0.1) is 0 Å². The fourth-order valence-electron chi connectivity index (χ4n) is 7.29. The minimum atomic E-state index is -0.790. The van der Waals surface area contributed by atoms with Crippen LogP contribution in [0.15, 0.2) is 60.7 Å². The molecule has 2 aliphatic rings. The van der Waals surface area contributed by atoms with Gasteiger partial charge in [0.15, 0.2) is 0 Å². The number of ether oxygens (including phenoxy) is 2. The zero-order chi connectivity index (χ0) is 30.6. The average Bonchev–Trinajstić information content (AvgIpc) is 3.47. The lowest BCUT2D eigenvalue weighted by molar-refractivity contribution is 0.0600. The third kappa shape index (κ3) is 4.64. The van der Waals surface area contributed by atoms with Gasteiger partial charge in [-0.15, -0.1) is 0 Å². The summed E-state index contributed by atoms with van der Waals surface area (Å²) in [4.78, 5) is 30.8. The molecule has 1 aliphatic heterocycles. The minimum Gasteiger partial charge on any atom is -0.491 e. The number of imidazole rings is 1. The van der Waals surface area contributed by atoms with Gasteiger partial charge in [-0.1, -0.05) is 37.5 Å². The molecule has 0 atom stereocenters. The standard InChI is InChI=1S/C36H38N4O4/c1-36(2,35-37-27-17-15-24(34(42)43-4)21-29(27)39(35)3)38-33(41)23-14-16-25-28(20-23)40-18-19-44-30-13-9-8-12-26(30)32(40)31(25)22-10-6-5-7-11-22/h8-9,12-17,20-22H,5-7,10-11,18-19H2,1-4H3,(H,38,41). The molecule has 2 aromatic heterocycles. The second-order valence-electron chi connectivity index (χ2n) is 12.6. The van der Waals surface area contributed by atoms with E-state index in [1.54, 1.807) is 18.2 Å². The molecule has 226 valence electrons. The summed E-state index contributed by atoms with van der Waals surface area (Å²) in [6.45, 7) is 5.19. The van der Waals surface area contributed by atoms with Gasteiger partial charge in [-0.3, -0.25) is 4.79 Å². The normalized spacial score (nSPS) is 15.4. The molecule has 1 fully saturated rings. The van der Waals surface area contributed by atoms with Crippen LogP contribution in [0.4, 0.5) is 0 Å². The van der Waals surface area contributed by atoms with E-state index in [4.69, 9.17) is 14.5 Å². The maximum Gasteiger partial charge on any atom is 0.337 e. The number of rotatable bonds is 5. The van der Waals surface area contributed by atoms with E-state index in [2.05, 4.69) is 34.1 Å². The Morgan fingerprint density at radius 2 is 1.73 bits per heavy atom. The van der Waals surface area contributed by atoms with Gasteiger partial charge in [0.05, 0.1) is 41.5 Å². The second-order valence-corrected chi connectivity index (χ2v) is 12.6. The highest BCUT2D eigenvalue weighted by atomic mass is 16.5. The van der Waals surface area contributed by atoms with Crippen molar-refractivity contribution >= 4 is 33.8 Å². The van der Waals surface area contributed by atoms with E-state index in [1.807, 2.05) is 43.7 Å². The lowest BCUT2D eigenvalue weighted by Crippen LogP contribution is -2.42. The zero-order valence-corrected chi connectivity index (χ0v) is 25.8. The molecule has 8 heteroatoms. The predicted octanol–water partition coefficient (Wildman–Crippen LogP) is 7.09. The molecule has 0 spiro atoms. The summed E-state index contributed by atoms with van der Waals surface area (Å²) in [7, 11) is 3.26. The first-order valence-corrected chi connectivity index (χ1v) is 15.5. The van der Waals surface area contributed by atoms with Gasteiger partial charge in [-0.2, -0.15) is 0 Å². The van der Waals surface area contributed by atoms with Crippen LogP contribution in [-0.4, -0.2) is 39.7 Å². The molecule has 3 aromatic carbocycles. The van der Waals surface area contributed by atoms with E-state index in [0.29, 0.717) is 29.5 Å². The number of para-hydroxylation sites is 1. The molecule has 44 heavy (non-hydrogen) atoms. The molecule has 1 saturated carbocycles. The van der Waals surface area contributed by atoms with Crippen molar-refractivity contribution in [2.24, 2.45) is 7.05 Å². The molecule has 7 rings (SSSR count). The highest BCUT2D eigenvalue weighted by Crippen LogP contribution is 2.47. The Kier molecular flexibility index (Phi) is 6.95. The number of methoxy groups -OCH3 is 1. The fraction of sp³-hybridized carbons (Fsp3) is 0.361. The molecule has 1 N–H and O–H groups in total. The van der Waals surface area contributed by atoms with Crippen molar-refractivity contribution in [3.05, 3.63) is 83.2 Å². The van der Waals surface area contributed by atoms with Gasteiger partial charge in [-0.25, -0.2) is 9.78 Å². The smallest absolute Gasteiger partial charge is 0.337 e. The molecule has 1 aliphatic carbocycles. The molecule has 5 aromatic rings. The van der Waals surface area contributed by atoms with Crippen molar-refractivity contribution in [3.63, 3.8) is 0 Å². The quantitative estimate of drug-likeness (QED) is 0.221. The highest BCUT2D eigenvalue weighted by molar-refractivity contribution is 6.01. The molecular weight excluding hydrogens is 552 g/mol. The first kappa shape index (κ1) is 28.2. The Bertz CT molecular complexity index is 1930. The summed E-state index contributed by atoms with van der Waals surface area (Å²) >= 11 is 0. The molecule has 0 bridgehead atoms. The lowest BCUT2D eigenvalue weighted by atomic mass is 9.81. The molecule has 8 nitrogen and oxygen atoms in total. The number of benzene rings is 3. The van der Waals surface area contributed by atoms with Crippen molar-refractivity contribution in [1.82, 2.24) is 19.4 Å². The second kappa shape index (κ2) is 10.8. The van der Waals surface area contributed by atoms with E-state index in [0.717, 1.165) is 34.4 Å². The molecule has 1 amide bonds. The minimum absolute atomic E-state index is 0.167. The fourth-order valence-corrected chi connectivity index (χ4v) is 7.29. The van der Waals surface area contributed by atoms with Crippen LogP contribution in [-0.2, 0) is 23.9 Å². The average molecular weight is 591 g/mol. The van der Waals surface area contributed by atoms with Crippen molar-refractivity contribution in [1.29, 1.82) is 0 Å². The summed E-state index contributed by atoms with van der Waals surface area (Å²) in [6.07, 6.45) is 6.16. The molecule has 0 radical (unpaired) electrons. The van der Waals surface area contributed by atoms with Crippen LogP contribution in [0.3, 0.4) is 0 Å². The number of aryl methyl sites for hydroxylation is 1. The maximum atomic E-state index is 13.9. The molecule has 3 heterocycles. The van der Waals surface area contributed by atoms with Gasteiger partial charge in [0.1, 0.15) is 18.2 Å². The summed E-state index contributed by atoms with van der Waals surface area (Å²) in [6, 6.07) is 19.8. The van der Waals surface area contributed by atoms with Gasteiger partial charge in [0.2, 0.25) is 0 Å². The zero-order valence-electron chi connectivity index (χ0n) is 25.8. The number of carbonyl (C=O) groups excluding carboxylic acids is 2. The Hall–Kier alpha value is -4.59. The van der Waals surface area contributed by atoms with Crippen LogP contribution in [0.1, 0.15) is 84.0 Å². The number of nitrogens with zero attached hydrogens (tertiary/aromatic N) is 3. The third-order valence-corrected chi connectivity index (χ3v) is 9.38. The number of esters is 1. The summed E-state index contributed by atoms with van der Waals surface area (Å²) in [5.74, 6) is 1.53. The summed E-state index contributed by atoms with van der Waals surface area (Å²) in [5.41, 5.74) is 6.65. The van der Waals surface area contributed by atoms with Gasteiger partial charge < -0.3 is 23.9 Å². The first-order chi connectivity index (χ1) is 21.3. The van der Waals surface area contributed by atoms with Crippen LogP contribution in [0.5, 0.6) is 5.75 Å². The number of fused-ring (bicyclic) bond motifs is 6. The van der Waals surface area contributed by atoms with Crippen LogP contribution < -0.4 is 10.1 Å². The molecule has 0 saturated heterocycles. The predicted molar refractivity (Wildman–Crippen MR) is 171 cm³/mol. The van der Waals surface area contributed by atoms with Gasteiger partial charge in [0.25, 0.3) is 5.91 Å². The van der Waals surface area contributed by atoms with E-state index in [9.17, 15) is 9.59 Å². The summed E-state index contributed by atoms with van der Waals surface area (Å²) in [5, 5.41) is 4.47. The van der Waals surface area contributed by atoms with Crippen molar-refractivity contribution < 1.29 is 19.1 Å². The molecule has 0 unspecified atom stereocenters. The maximum absolute atomic E-state index is 13.9. The number of aromatic nitrogens is 3. The Balaban J connectivity index is 1.27. The Morgan fingerprint density at radius 1 is 0.977 bits per heavy atom. The van der Waals surface area contributed by atoms with Crippen molar-refractivity contribution in [2.75, 3.05) is 13.7 Å². The summed E-state index contributed by atoms with van der Waals surface area (Å²) < 4.78 is 15.4.